The Morgan fingerprint density at radius 1 is 1.59 bits per heavy atom. The number of phosphoric ester groups is 1. The molecule has 1 aromatic rings. The molecule has 0 amide bonds. The largest absolute Gasteiger partial charge is 0.505 e. The normalized spacial score (nSPS) is 13.5. The van der Waals surface area contributed by atoms with Crippen molar-refractivity contribution in [1.29, 1.82) is 0 Å². The quantitative estimate of drug-likeness (QED) is 0.302. The predicted octanol–water partition coefficient (Wildman–Crippen LogP) is 0.352. The van der Waals surface area contributed by atoms with Gasteiger partial charge in [0.25, 0.3) is 0 Å². The number of hydrogen-bond donors (Lipinski definition) is 4. The van der Waals surface area contributed by atoms with Gasteiger partial charge in [-0.05, 0) is 6.92 Å². The number of phosphoric acid groups is 1. The zero-order valence-electron chi connectivity index (χ0n) is 11.7. The van der Waals surface area contributed by atoms with Crippen molar-refractivity contribution in [2.45, 2.75) is 19.7 Å². The Kier molecular flexibility index (Phi) is 6.85. The molecule has 0 aliphatic rings. The van der Waals surface area contributed by atoms with Gasteiger partial charge < -0.3 is 25.5 Å². The maximum Gasteiger partial charge on any atom is 0.469 e. The highest BCUT2D eigenvalue weighted by Crippen LogP contribution is 2.37. The van der Waals surface area contributed by atoms with E-state index in [1.54, 1.807) is 0 Å². The number of halogens is 1. The number of nitrogens with zero attached hydrogens (tertiary/aromatic N) is 2. The van der Waals surface area contributed by atoms with E-state index < -0.39 is 20.6 Å². The molecule has 5 N–H and O–H groups in total. The van der Waals surface area contributed by atoms with Gasteiger partial charge in [0.15, 0.2) is 0 Å². The average molecular weight is 337 g/mol. The monoisotopic (exact) mass is 337 g/mol. The van der Waals surface area contributed by atoms with E-state index in [2.05, 4.69) is 19.5 Å². The van der Waals surface area contributed by atoms with E-state index in [0.717, 1.165) is 6.21 Å². The standard InChI is InChI=1S/C11H17FN3O6P/c1-7-11(16)10(4-15-20-6-9(12)2-13)8(3-14-7)5-21-22(17,18)19/h3-4,9,16H,2,5-6,13H2,1H3,(H2,17,18,19)/b15-4+. The summed E-state index contributed by atoms with van der Waals surface area (Å²) in [6.07, 6.45) is 0.970. The van der Waals surface area contributed by atoms with E-state index in [1.165, 1.54) is 13.1 Å². The van der Waals surface area contributed by atoms with E-state index in [-0.39, 0.29) is 35.7 Å². The van der Waals surface area contributed by atoms with Gasteiger partial charge in [-0.1, -0.05) is 5.16 Å². The summed E-state index contributed by atoms with van der Waals surface area (Å²) >= 11 is 0. The van der Waals surface area contributed by atoms with Crippen LogP contribution in [0.15, 0.2) is 11.4 Å². The highest BCUT2D eigenvalue weighted by Gasteiger charge is 2.17. The second-order valence-electron chi connectivity index (χ2n) is 4.26. The Balaban J connectivity index is 2.88. The third-order valence-electron chi connectivity index (χ3n) is 2.51. The molecule has 0 aliphatic carbocycles. The number of pyridine rings is 1. The predicted molar refractivity (Wildman–Crippen MR) is 75.0 cm³/mol. The summed E-state index contributed by atoms with van der Waals surface area (Å²) in [5, 5.41) is 13.4. The van der Waals surface area contributed by atoms with Gasteiger partial charge in [-0.25, -0.2) is 8.96 Å². The summed E-state index contributed by atoms with van der Waals surface area (Å²) in [5.41, 5.74) is 5.61. The SMILES string of the molecule is Cc1ncc(COP(=O)(O)O)c(/C=N/OCC(F)CN)c1O. The molecule has 0 radical (unpaired) electrons. The van der Waals surface area contributed by atoms with Crippen LogP contribution in [0.2, 0.25) is 0 Å². The first-order chi connectivity index (χ1) is 10.2. The van der Waals surface area contributed by atoms with Crippen LogP contribution in [-0.2, 0) is 20.5 Å². The third-order valence-corrected chi connectivity index (χ3v) is 2.98. The average Bonchev–Trinajstić information content (AvgIpc) is 2.45. The first kappa shape index (κ1) is 18.5. The summed E-state index contributed by atoms with van der Waals surface area (Å²) in [7, 11) is -4.68. The zero-order chi connectivity index (χ0) is 16.8. The minimum atomic E-state index is -4.68. The molecule has 1 unspecified atom stereocenters. The summed E-state index contributed by atoms with van der Waals surface area (Å²) in [6.45, 7) is 0.455. The molecule has 0 aliphatic heterocycles. The molecule has 124 valence electrons. The molecule has 0 saturated heterocycles. The number of aromatic hydroxyl groups is 1. The maximum absolute atomic E-state index is 12.8. The smallest absolute Gasteiger partial charge is 0.469 e. The van der Waals surface area contributed by atoms with Crippen LogP contribution < -0.4 is 5.73 Å². The first-order valence-corrected chi connectivity index (χ1v) is 7.64. The van der Waals surface area contributed by atoms with Gasteiger partial charge >= 0.3 is 7.82 Å². The molecule has 9 nitrogen and oxygen atoms in total. The number of oxime groups is 1. The summed E-state index contributed by atoms with van der Waals surface area (Å²) in [5.74, 6) is -0.255. The topological polar surface area (TPSA) is 147 Å². The number of rotatable bonds is 8. The van der Waals surface area contributed by atoms with Gasteiger partial charge in [0.2, 0.25) is 0 Å². The van der Waals surface area contributed by atoms with E-state index >= 15 is 0 Å². The van der Waals surface area contributed by atoms with Crippen molar-refractivity contribution in [3.8, 4) is 5.75 Å². The minimum Gasteiger partial charge on any atom is -0.505 e. The van der Waals surface area contributed by atoms with Crippen LogP contribution in [0.4, 0.5) is 4.39 Å². The first-order valence-electron chi connectivity index (χ1n) is 6.11. The number of nitrogens with two attached hydrogens (primary N) is 1. The third kappa shape index (κ3) is 6.04. The van der Waals surface area contributed by atoms with Gasteiger partial charge in [0, 0.05) is 23.9 Å². The van der Waals surface area contributed by atoms with Gasteiger partial charge in [0.05, 0.1) is 18.5 Å². The van der Waals surface area contributed by atoms with Crippen LogP contribution in [0, 0.1) is 6.92 Å². The summed E-state index contributed by atoms with van der Waals surface area (Å²) in [6, 6.07) is 0. The molecule has 11 heteroatoms. The molecule has 1 atom stereocenters. The van der Waals surface area contributed by atoms with Gasteiger partial charge in [0.1, 0.15) is 18.5 Å². The highest BCUT2D eigenvalue weighted by atomic mass is 31.2. The van der Waals surface area contributed by atoms with Crippen molar-refractivity contribution < 1.29 is 33.2 Å². The number of aryl methyl sites for hydroxylation is 1. The summed E-state index contributed by atoms with van der Waals surface area (Å²) < 4.78 is 27.9. The Morgan fingerprint density at radius 2 is 2.27 bits per heavy atom. The Hall–Kier alpha value is -1.58. The molecule has 1 heterocycles. The molecular formula is C11H17FN3O6P. The van der Waals surface area contributed by atoms with Crippen LogP contribution in [0.3, 0.4) is 0 Å². The van der Waals surface area contributed by atoms with Gasteiger partial charge in [-0.15, -0.1) is 0 Å². The minimum absolute atomic E-state index is 0.101. The molecule has 1 rings (SSSR count). The molecule has 0 bridgehead atoms. The second-order valence-corrected chi connectivity index (χ2v) is 5.50. The van der Waals surface area contributed by atoms with E-state index in [0.29, 0.717) is 0 Å². The van der Waals surface area contributed by atoms with E-state index in [4.69, 9.17) is 15.5 Å². The fourth-order valence-corrected chi connectivity index (χ4v) is 1.65. The molecule has 0 spiro atoms. The van der Waals surface area contributed by atoms with Crippen LogP contribution in [-0.4, -0.2) is 45.4 Å². The van der Waals surface area contributed by atoms with Gasteiger partial charge in [-0.2, -0.15) is 0 Å². The van der Waals surface area contributed by atoms with E-state index in [1.807, 2.05) is 0 Å². The molecule has 0 aromatic carbocycles. The van der Waals surface area contributed by atoms with Crippen molar-refractivity contribution in [2.75, 3.05) is 13.2 Å². The lowest BCUT2D eigenvalue weighted by Crippen LogP contribution is -2.19. The van der Waals surface area contributed by atoms with Crippen LogP contribution >= 0.6 is 7.82 Å². The maximum atomic E-state index is 12.8. The number of aromatic nitrogens is 1. The lowest BCUT2D eigenvalue weighted by Gasteiger charge is -2.10. The zero-order valence-corrected chi connectivity index (χ0v) is 12.6. The van der Waals surface area contributed by atoms with Crippen molar-refractivity contribution in [3.05, 3.63) is 23.0 Å². The number of hydrogen-bond acceptors (Lipinski definition) is 7. The van der Waals surface area contributed by atoms with E-state index in [9.17, 15) is 14.1 Å². The molecule has 22 heavy (non-hydrogen) atoms. The van der Waals surface area contributed by atoms with Crippen molar-refractivity contribution in [1.82, 2.24) is 4.98 Å². The van der Waals surface area contributed by atoms with Crippen LogP contribution in [0.5, 0.6) is 5.75 Å². The Bertz CT molecular complexity index is 579. The molecule has 0 saturated carbocycles. The summed E-state index contributed by atoms with van der Waals surface area (Å²) in [4.78, 5) is 25.9. The van der Waals surface area contributed by atoms with Gasteiger partial charge in [-0.3, -0.25) is 9.51 Å². The van der Waals surface area contributed by atoms with Crippen LogP contribution in [0.1, 0.15) is 16.8 Å². The van der Waals surface area contributed by atoms with Crippen molar-refractivity contribution in [2.24, 2.45) is 10.9 Å². The molecule has 0 fully saturated rings. The van der Waals surface area contributed by atoms with Crippen molar-refractivity contribution >= 4 is 14.0 Å². The molecule has 1 aromatic heterocycles. The highest BCUT2D eigenvalue weighted by molar-refractivity contribution is 7.46. The number of alkyl halides is 1. The molecular weight excluding hydrogens is 320 g/mol. The Labute approximate surface area is 125 Å². The Morgan fingerprint density at radius 3 is 2.86 bits per heavy atom. The van der Waals surface area contributed by atoms with Crippen molar-refractivity contribution in [3.63, 3.8) is 0 Å². The second kappa shape index (κ2) is 8.16. The van der Waals surface area contributed by atoms with Crippen LogP contribution in [0.25, 0.3) is 0 Å². The lowest BCUT2D eigenvalue weighted by molar-refractivity contribution is 0.0910. The fraction of sp³-hybridized carbons (Fsp3) is 0.455. The lowest BCUT2D eigenvalue weighted by atomic mass is 10.1. The fourth-order valence-electron chi connectivity index (χ4n) is 1.35.